The molecule has 1 aromatic rings. The van der Waals surface area contributed by atoms with Gasteiger partial charge in [0.25, 0.3) is 0 Å². The van der Waals surface area contributed by atoms with Gasteiger partial charge in [0.1, 0.15) is 5.75 Å². The van der Waals surface area contributed by atoms with Crippen LogP contribution in [-0.4, -0.2) is 22.7 Å². The first kappa shape index (κ1) is 12.5. The number of phenolic OH excluding ortho intramolecular Hbond substituents is 1. The highest BCUT2D eigenvalue weighted by atomic mass is 16.3. The Morgan fingerprint density at radius 3 is 2.88 bits per heavy atom. The number of aliphatic hydroxyl groups excluding tert-OH is 1. The third kappa shape index (κ3) is 3.90. The van der Waals surface area contributed by atoms with Gasteiger partial charge in [-0.2, -0.15) is 0 Å². The number of benzene rings is 1. The molecule has 1 aromatic carbocycles. The molecule has 3 N–H and O–H groups in total. The van der Waals surface area contributed by atoms with E-state index in [-0.39, 0.29) is 18.2 Å². The molecule has 16 heavy (non-hydrogen) atoms. The number of rotatable bonds is 5. The van der Waals surface area contributed by atoms with E-state index in [0.29, 0.717) is 12.0 Å². The van der Waals surface area contributed by atoms with Crippen LogP contribution in [0.5, 0.6) is 5.75 Å². The van der Waals surface area contributed by atoms with E-state index in [2.05, 4.69) is 5.32 Å². The van der Waals surface area contributed by atoms with Crippen molar-refractivity contribution >= 4 is 5.91 Å². The predicted octanol–water partition coefficient (Wildman–Crippen LogP) is 1.34. The van der Waals surface area contributed by atoms with Crippen molar-refractivity contribution in [1.29, 1.82) is 0 Å². The van der Waals surface area contributed by atoms with Gasteiger partial charge in [-0.05, 0) is 24.1 Å². The first-order valence-corrected chi connectivity index (χ1v) is 5.37. The van der Waals surface area contributed by atoms with Crippen LogP contribution in [0.25, 0.3) is 0 Å². The fourth-order valence-electron chi connectivity index (χ4n) is 1.38. The molecule has 1 atom stereocenters. The third-order valence-corrected chi connectivity index (χ3v) is 2.22. The molecular weight excluding hydrogens is 206 g/mol. The highest BCUT2D eigenvalue weighted by Gasteiger charge is 2.09. The second kappa shape index (κ2) is 6.12. The number of aliphatic hydroxyl groups is 1. The first-order valence-electron chi connectivity index (χ1n) is 5.37. The van der Waals surface area contributed by atoms with Crippen LogP contribution < -0.4 is 5.32 Å². The summed E-state index contributed by atoms with van der Waals surface area (Å²) in [5.74, 6) is 0.0399. The van der Waals surface area contributed by atoms with Crippen LogP contribution >= 0.6 is 0 Å². The second-order valence-corrected chi connectivity index (χ2v) is 3.66. The minimum atomic E-state index is -0.784. The van der Waals surface area contributed by atoms with Gasteiger partial charge in [-0.15, -0.1) is 0 Å². The number of hydrogen-bond acceptors (Lipinski definition) is 3. The average molecular weight is 223 g/mol. The quantitative estimate of drug-likeness (QED) is 0.705. The lowest BCUT2D eigenvalue weighted by Crippen LogP contribution is -2.27. The Bertz CT molecular complexity index is 352. The molecule has 4 heteroatoms. The molecule has 1 unspecified atom stereocenters. The first-order chi connectivity index (χ1) is 7.63. The maximum atomic E-state index is 11.2. The molecule has 0 aromatic heterocycles. The largest absolute Gasteiger partial charge is 0.508 e. The van der Waals surface area contributed by atoms with Crippen LogP contribution in [0.4, 0.5) is 0 Å². The van der Waals surface area contributed by atoms with Gasteiger partial charge in [0.15, 0.2) is 0 Å². The number of aromatic hydroxyl groups is 1. The zero-order valence-electron chi connectivity index (χ0n) is 9.31. The minimum Gasteiger partial charge on any atom is -0.508 e. The van der Waals surface area contributed by atoms with E-state index < -0.39 is 6.10 Å². The van der Waals surface area contributed by atoms with Gasteiger partial charge < -0.3 is 15.5 Å². The Kier molecular flexibility index (Phi) is 4.79. The monoisotopic (exact) mass is 223 g/mol. The Morgan fingerprint density at radius 2 is 2.25 bits per heavy atom. The summed E-state index contributed by atoms with van der Waals surface area (Å²) in [6.45, 7) is 2.09. The van der Waals surface area contributed by atoms with E-state index in [4.69, 9.17) is 0 Å². The van der Waals surface area contributed by atoms with Crippen LogP contribution in [0.1, 0.15) is 31.4 Å². The Hall–Kier alpha value is -1.55. The summed E-state index contributed by atoms with van der Waals surface area (Å²) >= 11 is 0. The summed E-state index contributed by atoms with van der Waals surface area (Å²) in [5, 5.41) is 21.6. The number of carbonyl (C=O) groups excluding carboxylic acids is 1. The van der Waals surface area contributed by atoms with Gasteiger partial charge in [-0.1, -0.05) is 19.1 Å². The number of amides is 1. The molecule has 0 aliphatic carbocycles. The van der Waals surface area contributed by atoms with Crippen molar-refractivity contribution in [3.63, 3.8) is 0 Å². The highest BCUT2D eigenvalue weighted by Crippen LogP contribution is 2.17. The molecule has 0 aliphatic heterocycles. The van der Waals surface area contributed by atoms with Crippen molar-refractivity contribution < 1.29 is 15.0 Å². The van der Waals surface area contributed by atoms with Gasteiger partial charge in [0, 0.05) is 13.0 Å². The fourth-order valence-corrected chi connectivity index (χ4v) is 1.38. The molecule has 0 bridgehead atoms. The average Bonchev–Trinajstić information content (AvgIpc) is 2.26. The normalized spacial score (nSPS) is 12.1. The lowest BCUT2D eigenvalue weighted by Gasteiger charge is -2.12. The molecule has 0 radical (unpaired) electrons. The summed E-state index contributed by atoms with van der Waals surface area (Å²) < 4.78 is 0. The van der Waals surface area contributed by atoms with E-state index >= 15 is 0 Å². The van der Waals surface area contributed by atoms with Crippen LogP contribution in [0.15, 0.2) is 24.3 Å². The Morgan fingerprint density at radius 1 is 1.50 bits per heavy atom. The molecule has 0 fully saturated rings. The molecule has 0 spiro atoms. The molecule has 0 saturated carbocycles. The van der Waals surface area contributed by atoms with Crippen molar-refractivity contribution in [2.75, 3.05) is 6.54 Å². The van der Waals surface area contributed by atoms with Gasteiger partial charge in [0.2, 0.25) is 5.91 Å². The number of phenols is 1. The number of carbonyl (C=O) groups is 1. The van der Waals surface area contributed by atoms with E-state index in [1.54, 1.807) is 12.1 Å². The molecule has 0 aliphatic rings. The Balaban J connectivity index is 2.46. The van der Waals surface area contributed by atoms with Crippen LogP contribution in [0, 0.1) is 0 Å². The van der Waals surface area contributed by atoms with Crippen molar-refractivity contribution in [2.24, 2.45) is 0 Å². The van der Waals surface area contributed by atoms with Crippen molar-refractivity contribution in [3.05, 3.63) is 29.8 Å². The van der Waals surface area contributed by atoms with Crippen LogP contribution in [-0.2, 0) is 4.79 Å². The fraction of sp³-hybridized carbons (Fsp3) is 0.417. The lowest BCUT2D eigenvalue weighted by molar-refractivity contribution is -0.121. The topological polar surface area (TPSA) is 69.6 Å². The lowest BCUT2D eigenvalue weighted by atomic mass is 10.1. The zero-order valence-corrected chi connectivity index (χ0v) is 9.31. The molecule has 88 valence electrons. The smallest absolute Gasteiger partial charge is 0.220 e. The summed E-state index contributed by atoms with van der Waals surface area (Å²) in [4.78, 5) is 11.2. The maximum Gasteiger partial charge on any atom is 0.220 e. The summed E-state index contributed by atoms with van der Waals surface area (Å²) in [6, 6.07) is 6.38. The molecule has 0 saturated heterocycles. The standard InChI is InChI=1S/C12H17NO3/c1-2-4-12(16)13-8-11(15)9-5-3-6-10(14)7-9/h3,5-7,11,14-15H,2,4,8H2,1H3,(H,13,16). The number of hydrogen-bond donors (Lipinski definition) is 3. The molecule has 4 nitrogen and oxygen atoms in total. The van der Waals surface area contributed by atoms with Gasteiger partial charge in [-0.25, -0.2) is 0 Å². The van der Waals surface area contributed by atoms with Crippen LogP contribution in [0.3, 0.4) is 0 Å². The number of nitrogens with one attached hydrogen (secondary N) is 1. The second-order valence-electron chi connectivity index (χ2n) is 3.66. The van der Waals surface area contributed by atoms with Crippen molar-refractivity contribution in [2.45, 2.75) is 25.9 Å². The highest BCUT2D eigenvalue weighted by molar-refractivity contribution is 5.75. The van der Waals surface area contributed by atoms with Gasteiger partial charge in [-0.3, -0.25) is 4.79 Å². The van der Waals surface area contributed by atoms with E-state index in [1.807, 2.05) is 6.92 Å². The summed E-state index contributed by atoms with van der Waals surface area (Å²) in [6.07, 6.45) is 0.466. The maximum absolute atomic E-state index is 11.2. The third-order valence-electron chi connectivity index (χ3n) is 2.22. The van der Waals surface area contributed by atoms with Crippen molar-refractivity contribution in [1.82, 2.24) is 5.32 Å². The molecular formula is C12H17NO3. The van der Waals surface area contributed by atoms with E-state index in [9.17, 15) is 15.0 Å². The minimum absolute atomic E-state index is 0.0679. The van der Waals surface area contributed by atoms with Gasteiger partial charge >= 0.3 is 0 Å². The summed E-state index contributed by atoms with van der Waals surface area (Å²) in [5.41, 5.74) is 0.594. The molecule has 1 rings (SSSR count). The zero-order chi connectivity index (χ0) is 12.0. The van der Waals surface area contributed by atoms with Crippen molar-refractivity contribution in [3.8, 4) is 5.75 Å². The predicted molar refractivity (Wildman–Crippen MR) is 61.0 cm³/mol. The van der Waals surface area contributed by atoms with Gasteiger partial charge in [0.05, 0.1) is 6.10 Å². The summed E-state index contributed by atoms with van der Waals surface area (Å²) in [7, 11) is 0. The SMILES string of the molecule is CCCC(=O)NCC(O)c1cccc(O)c1. The molecule has 0 heterocycles. The van der Waals surface area contributed by atoms with E-state index in [0.717, 1.165) is 6.42 Å². The Labute approximate surface area is 94.9 Å². The molecule has 1 amide bonds. The van der Waals surface area contributed by atoms with E-state index in [1.165, 1.54) is 12.1 Å². The van der Waals surface area contributed by atoms with Crippen LogP contribution in [0.2, 0.25) is 0 Å².